The van der Waals surface area contributed by atoms with Crippen molar-refractivity contribution < 1.29 is 0 Å². The van der Waals surface area contributed by atoms with Crippen LogP contribution in [0.25, 0.3) is 0 Å². The van der Waals surface area contributed by atoms with Crippen molar-refractivity contribution in [3.8, 4) is 0 Å². The Morgan fingerprint density at radius 2 is 2.18 bits per heavy atom. The van der Waals surface area contributed by atoms with Crippen LogP contribution >= 0.6 is 27.7 Å². The lowest BCUT2D eigenvalue weighted by atomic mass is 9.95. The van der Waals surface area contributed by atoms with E-state index < -0.39 is 0 Å². The van der Waals surface area contributed by atoms with Crippen LogP contribution in [0.4, 0.5) is 5.82 Å². The van der Waals surface area contributed by atoms with Gasteiger partial charge in [0.2, 0.25) is 0 Å². The summed E-state index contributed by atoms with van der Waals surface area (Å²) in [7, 11) is 0. The number of aryl methyl sites for hydroxylation is 1. The molecule has 0 aromatic carbocycles. The van der Waals surface area contributed by atoms with Crippen LogP contribution in [0.3, 0.4) is 0 Å². The molecular formula is C13H19BrN2S. The first-order valence-corrected chi connectivity index (χ1v) is 8.21. The van der Waals surface area contributed by atoms with Crippen LogP contribution in [0, 0.1) is 6.92 Å². The van der Waals surface area contributed by atoms with E-state index in [2.05, 4.69) is 39.4 Å². The zero-order chi connectivity index (χ0) is 12.3. The maximum Gasteiger partial charge on any atom is 0.140 e. The minimum atomic E-state index is 0.560. The van der Waals surface area contributed by atoms with Crippen LogP contribution in [-0.2, 0) is 0 Å². The SMILES string of the molecule is CSC1CCCCC1Nc1nccc(C)c1Br. The molecule has 0 spiro atoms. The molecule has 1 fully saturated rings. The second kappa shape index (κ2) is 6.10. The molecule has 4 heteroatoms. The molecule has 1 aromatic heterocycles. The summed E-state index contributed by atoms with van der Waals surface area (Å²) in [5.41, 5.74) is 1.24. The molecule has 1 aliphatic carbocycles. The molecule has 1 saturated carbocycles. The van der Waals surface area contributed by atoms with Crippen LogP contribution in [0.2, 0.25) is 0 Å². The van der Waals surface area contributed by atoms with Crippen LogP contribution in [0.15, 0.2) is 16.7 Å². The molecule has 0 bridgehead atoms. The van der Waals surface area contributed by atoms with Gasteiger partial charge in [-0.2, -0.15) is 11.8 Å². The summed E-state index contributed by atoms with van der Waals surface area (Å²) < 4.78 is 1.10. The van der Waals surface area contributed by atoms with Gasteiger partial charge in [-0.3, -0.25) is 0 Å². The molecule has 0 radical (unpaired) electrons. The van der Waals surface area contributed by atoms with Gasteiger partial charge >= 0.3 is 0 Å². The number of anilines is 1. The highest BCUT2D eigenvalue weighted by atomic mass is 79.9. The number of nitrogens with zero attached hydrogens (tertiary/aromatic N) is 1. The number of pyridine rings is 1. The van der Waals surface area contributed by atoms with Crippen molar-refractivity contribution in [3.05, 3.63) is 22.3 Å². The van der Waals surface area contributed by atoms with Gasteiger partial charge < -0.3 is 5.32 Å². The Kier molecular flexibility index (Phi) is 4.74. The Balaban J connectivity index is 2.11. The zero-order valence-electron chi connectivity index (χ0n) is 10.4. The quantitative estimate of drug-likeness (QED) is 0.903. The highest BCUT2D eigenvalue weighted by Gasteiger charge is 2.25. The van der Waals surface area contributed by atoms with Crippen molar-refractivity contribution >= 4 is 33.5 Å². The topological polar surface area (TPSA) is 24.9 Å². The summed E-state index contributed by atoms with van der Waals surface area (Å²) >= 11 is 5.59. The first-order chi connectivity index (χ1) is 8.22. The Labute approximate surface area is 116 Å². The number of halogens is 1. The fourth-order valence-electron chi connectivity index (χ4n) is 2.36. The fraction of sp³-hybridized carbons (Fsp3) is 0.615. The van der Waals surface area contributed by atoms with E-state index >= 15 is 0 Å². The molecule has 1 aliphatic rings. The van der Waals surface area contributed by atoms with Crippen molar-refractivity contribution in [1.29, 1.82) is 0 Å². The van der Waals surface area contributed by atoms with Crippen molar-refractivity contribution in [2.75, 3.05) is 11.6 Å². The number of hydrogen-bond donors (Lipinski definition) is 1. The van der Waals surface area contributed by atoms with Gasteiger partial charge in [0.1, 0.15) is 5.82 Å². The second-order valence-corrected chi connectivity index (χ2v) is 6.47. The van der Waals surface area contributed by atoms with E-state index in [0.717, 1.165) is 15.5 Å². The lowest BCUT2D eigenvalue weighted by Crippen LogP contribution is -2.34. The molecule has 0 amide bonds. The van der Waals surface area contributed by atoms with Crippen LogP contribution in [-0.4, -0.2) is 22.5 Å². The smallest absolute Gasteiger partial charge is 0.140 e. The zero-order valence-corrected chi connectivity index (χ0v) is 12.8. The Bertz CT molecular complexity index is 384. The van der Waals surface area contributed by atoms with Gasteiger partial charge in [0.25, 0.3) is 0 Å². The van der Waals surface area contributed by atoms with E-state index in [1.54, 1.807) is 0 Å². The predicted octanol–water partition coefficient (Wildman–Crippen LogP) is 4.24. The lowest BCUT2D eigenvalue weighted by molar-refractivity contribution is 0.474. The van der Waals surface area contributed by atoms with Crippen LogP contribution < -0.4 is 5.32 Å². The van der Waals surface area contributed by atoms with Crippen LogP contribution in [0.1, 0.15) is 31.2 Å². The minimum absolute atomic E-state index is 0.560. The van der Waals surface area contributed by atoms with E-state index in [1.807, 2.05) is 24.0 Å². The summed E-state index contributed by atoms with van der Waals surface area (Å²) in [5, 5.41) is 4.33. The monoisotopic (exact) mass is 314 g/mol. The molecule has 2 unspecified atom stereocenters. The van der Waals surface area contributed by atoms with Gasteiger partial charge in [-0.05, 0) is 53.6 Å². The van der Waals surface area contributed by atoms with E-state index in [-0.39, 0.29) is 0 Å². The van der Waals surface area contributed by atoms with Crippen molar-refractivity contribution in [2.45, 2.75) is 43.9 Å². The number of rotatable bonds is 3. The van der Waals surface area contributed by atoms with E-state index in [4.69, 9.17) is 0 Å². The van der Waals surface area contributed by atoms with Gasteiger partial charge in [0.15, 0.2) is 0 Å². The highest BCUT2D eigenvalue weighted by Crippen LogP contribution is 2.31. The Morgan fingerprint density at radius 3 is 2.94 bits per heavy atom. The molecule has 94 valence electrons. The lowest BCUT2D eigenvalue weighted by Gasteiger charge is -2.31. The summed E-state index contributed by atoms with van der Waals surface area (Å²) in [6.07, 6.45) is 9.36. The predicted molar refractivity (Wildman–Crippen MR) is 79.9 cm³/mol. The molecule has 0 aliphatic heterocycles. The van der Waals surface area contributed by atoms with Gasteiger partial charge in [-0.25, -0.2) is 4.98 Å². The maximum absolute atomic E-state index is 4.43. The normalized spacial score (nSPS) is 24.6. The number of thioether (sulfide) groups is 1. The highest BCUT2D eigenvalue weighted by molar-refractivity contribution is 9.10. The molecule has 2 atom stereocenters. The molecule has 2 nitrogen and oxygen atoms in total. The first kappa shape index (κ1) is 13.2. The largest absolute Gasteiger partial charge is 0.365 e. The molecule has 2 rings (SSSR count). The Morgan fingerprint density at radius 1 is 1.41 bits per heavy atom. The summed E-state index contributed by atoms with van der Waals surface area (Å²) in [5.74, 6) is 0.996. The first-order valence-electron chi connectivity index (χ1n) is 6.13. The average Bonchev–Trinajstić information content (AvgIpc) is 2.35. The third kappa shape index (κ3) is 3.16. The minimum Gasteiger partial charge on any atom is -0.365 e. The summed E-state index contributed by atoms with van der Waals surface area (Å²) in [6.45, 7) is 2.10. The van der Waals surface area contributed by atoms with Gasteiger partial charge in [0, 0.05) is 17.5 Å². The van der Waals surface area contributed by atoms with Crippen molar-refractivity contribution in [1.82, 2.24) is 4.98 Å². The fourth-order valence-corrected chi connectivity index (χ4v) is 3.64. The number of aromatic nitrogens is 1. The molecule has 17 heavy (non-hydrogen) atoms. The number of hydrogen-bond acceptors (Lipinski definition) is 3. The van der Waals surface area contributed by atoms with Gasteiger partial charge in [-0.1, -0.05) is 12.8 Å². The van der Waals surface area contributed by atoms with Gasteiger partial charge in [-0.15, -0.1) is 0 Å². The molecule has 1 heterocycles. The average molecular weight is 315 g/mol. The molecular weight excluding hydrogens is 296 g/mol. The summed E-state index contributed by atoms with van der Waals surface area (Å²) in [6, 6.07) is 2.59. The molecule has 0 saturated heterocycles. The standard InChI is InChI=1S/C13H19BrN2S/c1-9-7-8-15-13(12(9)14)16-10-5-3-4-6-11(10)17-2/h7-8,10-11H,3-6H2,1-2H3,(H,15,16). The second-order valence-electron chi connectivity index (χ2n) is 4.60. The maximum atomic E-state index is 4.43. The molecule has 1 N–H and O–H groups in total. The van der Waals surface area contributed by atoms with Crippen molar-refractivity contribution in [2.24, 2.45) is 0 Å². The van der Waals surface area contributed by atoms with Crippen LogP contribution in [0.5, 0.6) is 0 Å². The van der Waals surface area contributed by atoms with Gasteiger partial charge in [0.05, 0.1) is 4.47 Å². The Hall–Kier alpha value is -0.220. The molecule has 1 aromatic rings. The van der Waals surface area contributed by atoms with E-state index in [9.17, 15) is 0 Å². The van der Waals surface area contributed by atoms with E-state index in [1.165, 1.54) is 31.2 Å². The van der Waals surface area contributed by atoms with E-state index in [0.29, 0.717) is 6.04 Å². The van der Waals surface area contributed by atoms with Crippen molar-refractivity contribution in [3.63, 3.8) is 0 Å². The summed E-state index contributed by atoms with van der Waals surface area (Å²) in [4.78, 5) is 4.43. The third-order valence-electron chi connectivity index (χ3n) is 3.41. The third-order valence-corrected chi connectivity index (χ3v) is 5.58. The number of nitrogens with one attached hydrogen (secondary N) is 1.